The molecule has 0 saturated heterocycles. The molecule has 14 heavy (non-hydrogen) atoms. The van der Waals surface area contributed by atoms with Crippen molar-refractivity contribution >= 4 is 31.9 Å². The Balaban J connectivity index is 2.52. The molecule has 70 valence electrons. The molecule has 1 aromatic carbocycles. The quantitative estimate of drug-likeness (QED) is 0.593. The summed E-state index contributed by atoms with van der Waals surface area (Å²) in [5.74, 6) is 0. The maximum Gasteiger partial charge on any atom is 0.198 e. The molecule has 0 atom stereocenters. The third-order valence-electron chi connectivity index (χ3n) is 1.74. The van der Waals surface area contributed by atoms with Gasteiger partial charge in [-0.05, 0) is 37.9 Å². The van der Waals surface area contributed by atoms with Crippen molar-refractivity contribution in [1.82, 2.24) is 9.97 Å². The number of halogens is 2. The Morgan fingerprint density at radius 3 is 2.29 bits per heavy atom. The number of benzene rings is 1. The van der Waals surface area contributed by atoms with Gasteiger partial charge >= 0.3 is 0 Å². The lowest BCUT2D eigenvalue weighted by molar-refractivity contribution is 1.09. The SMILES string of the molecule is Brc1cc(-c2ccccc2)nc(Br)n1. The van der Waals surface area contributed by atoms with Crippen LogP contribution < -0.4 is 0 Å². The standard InChI is InChI=1S/C10H6Br2N2/c11-9-6-8(13-10(12)14-9)7-4-2-1-3-5-7/h1-6H. The zero-order chi connectivity index (χ0) is 9.97. The second kappa shape index (κ2) is 4.19. The molecule has 0 bridgehead atoms. The van der Waals surface area contributed by atoms with Crippen LogP contribution in [0.25, 0.3) is 11.3 Å². The zero-order valence-corrected chi connectivity index (χ0v) is 10.3. The van der Waals surface area contributed by atoms with E-state index in [0.717, 1.165) is 15.9 Å². The number of hydrogen-bond acceptors (Lipinski definition) is 2. The molecule has 0 spiro atoms. The molecule has 0 N–H and O–H groups in total. The van der Waals surface area contributed by atoms with Crippen molar-refractivity contribution in [3.63, 3.8) is 0 Å². The Kier molecular flexibility index (Phi) is 2.93. The summed E-state index contributed by atoms with van der Waals surface area (Å²) in [4.78, 5) is 8.36. The van der Waals surface area contributed by atoms with E-state index in [1.807, 2.05) is 36.4 Å². The summed E-state index contributed by atoms with van der Waals surface area (Å²) in [6.07, 6.45) is 0. The smallest absolute Gasteiger partial charge is 0.198 e. The highest BCUT2D eigenvalue weighted by Gasteiger charge is 2.02. The number of nitrogens with zero attached hydrogens (tertiary/aromatic N) is 2. The second-order valence-electron chi connectivity index (χ2n) is 2.71. The van der Waals surface area contributed by atoms with Crippen LogP contribution in [0.2, 0.25) is 0 Å². The van der Waals surface area contributed by atoms with Crippen molar-refractivity contribution in [2.24, 2.45) is 0 Å². The Hall–Kier alpha value is -0.740. The van der Waals surface area contributed by atoms with Crippen molar-refractivity contribution in [2.45, 2.75) is 0 Å². The van der Waals surface area contributed by atoms with E-state index >= 15 is 0 Å². The summed E-state index contributed by atoms with van der Waals surface area (Å²) < 4.78 is 1.36. The van der Waals surface area contributed by atoms with Crippen molar-refractivity contribution in [1.29, 1.82) is 0 Å². The number of hydrogen-bond donors (Lipinski definition) is 0. The van der Waals surface area contributed by atoms with Crippen molar-refractivity contribution < 1.29 is 0 Å². The molecule has 0 aliphatic heterocycles. The fourth-order valence-electron chi connectivity index (χ4n) is 1.15. The van der Waals surface area contributed by atoms with Gasteiger partial charge in [0.25, 0.3) is 0 Å². The van der Waals surface area contributed by atoms with Crippen LogP contribution in [0.3, 0.4) is 0 Å². The van der Waals surface area contributed by atoms with Gasteiger partial charge in [-0.15, -0.1) is 0 Å². The highest BCUT2D eigenvalue weighted by molar-refractivity contribution is 9.11. The van der Waals surface area contributed by atoms with Gasteiger partial charge in [-0.25, -0.2) is 9.97 Å². The van der Waals surface area contributed by atoms with Gasteiger partial charge in [-0.2, -0.15) is 0 Å². The lowest BCUT2D eigenvalue weighted by atomic mass is 10.1. The van der Waals surface area contributed by atoms with E-state index in [4.69, 9.17) is 0 Å². The van der Waals surface area contributed by atoms with Crippen molar-refractivity contribution in [3.05, 3.63) is 45.7 Å². The lowest BCUT2D eigenvalue weighted by Crippen LogP contribution is -1.88. The van der Waals surface area contributed by atoms with E-state index in [1.54, 1.807) is 0 Å². The Bertz CT molecular complexity index is 423. The minimum absolute atomic E-state index is 0.589. The summed E-state index contributed by atoms with van der Waals surface area (Å²) >= 11 is 6.59. The number of aromatic nitrogens is 2. The first kappa shape index (κ1) is 9.80. The van der Waals surface area contributed by atoms with Crippen LogP contribution in [0.15, 0.2) is 45.7 Å². The monoisotopic (exact) mass is 312 g/mol. The fourth-order valence-corrected chi connectivity index (χ4v) is 2.15. The minimum atomic E-state index is 0.589. The van der Waals surface area contributed by atoms with Crippen LogP contribution in [0.5, 0.6) is 0 Å². The van der Waals surface area contributed by atoms with E-state index in [1.165, 1.54) is 0 Å². The number of rotatable bonds is 1. The highest BCUT2D eigenvalue weighted by atomic mass is 79.9. The van der Waals surface area contributed by atoms with Gasteiger partial charge in [0, 0.05) is 5.56 Å². The maximum absolute atomic E-state index is 4.28. The maximum atomic E-state index is 4.28. The molecule has 2 nitrogen and oxygen atoms in total. The van der Waals surface area contributed by atoms with Crippen LogP contribution in [0.1, 0.15) is 0 Å². The van der Waals surface area contributed by atoms with E-state index in [-0.39, 0.29) is 0 Å². The average molecular weight is 314 g/mol. The third kappa shape index (κ3) is 2.19. The predicted molar refractivity (Wildman–Crippen MR) is 62.9 cm³/mol. The van der Waals surface area contributed by atoms with Gasteiger partial charge in [-0.1, -0.05) is 30.3 Å². The normalized spacial score (nSPS) is 10.1. The Morgan fingerprint density at radius 2 is 1.64 bits per heavy atom. The topological polar surface area (TPSA) is 25.8 Å². The molecule has 0 aliphatic rings. The molecule has 0 saturated carbocycles. The van der Waals surface area contributed by atoms with Crippen LogP contribution in [-0.2, 0) is 0 Å². The van der Waals surface area contributed by atoms with E-state index in [2.05, 4.69) is 41.8 Å². The first-order valence-corrected chi connectivity index (χ1v) is 5.60. The fraction of sp³-hybridized carbons (Fsp3) is 0. The molecule has 4 heteroatoms. The molecule has 0 radical (unpaired) electrons. The Labute approximate surface area is 98.7 Å². The van der Waals surface area contributed by atoms with E-state index < -0.39 is 0 Å². The molecular weight excluding hydrogens is 308 g/mol. The summed E-state index contributed by atoms with van der Waals surface area (Å²) in [5.41, 5.74) is 1.98. The van der Waals surface area contributed by atoms with Gasteiger partial charge in [0.05, 0.1) is 5.69 Å². The molecule has 1 heterocycles. The molecule has 0 fully saturated rings. The minimum Gasteiger partial charge on any atom is -0.222 e. The molecule has 0 aliphatic carbocycles. The first-order chi connectivity index (χ1) is 6.75. The second-order valence-corrected chi connectivity index (χ2v) is 4.23. The average Bonchev–Trinajstić information content (AvgIpc) is 2.18. The molecule has 2 rings (SSSR count). The van der Waals surface area contributed by atoms with Gasteiger partial charge in [0.15, 0.2) is 4.73 Å². The zero-order valence-electron chi connectivity index (χ0n) is 7.11. The van der Waals surface area contributed by atoms with Gasteiger partial charge < -0.3 is 0 Å². The van der Waals surface area contributed by atoms with E-state index in [0.29, 0.717) is 4.73 Å². The first-order valence-electron chi connectivity index (χ1n) is 4.01. The highest BCUT2D eigenvalue weighted by Crippen LogP contribution is 2.21. The molecule has 2 aromatic rings. The van der Waals surface area contributed by atoms with Crippen molar-refractivity contribution in [3.8, 4) is 11.3 Å². The molecule has 1 aromatic heterocycles. The Morgan fingerprint density at radius 1 is 0.929 bits per heavy atom. The van der Waals surface area contributed by atoms with Crippen LogP contribution >= 0.6 is 31.9 Å². The largest absolute Gasteiger partial charge is 0.222 e. The summed E-state index contributed by atoms with van der Waals surface area (Å²) in [7, 11) is 0. The van der Waals surface area contributed by atoms with Crippen LogP contribution in [0.4, 0.5) is 0 Å². The van der Waals surface area contributed by atoms with Gasteiger partial charge in [0.2, 0.25) is 0 Å². The van der Waals surface area contributed by atoms with Crippen LogP contribution in [-0.4, -0.2) is 9.97 Å². The summed E-state index contributed by atoms with van der Waals surface area (Å²) in [6, 6.07) is 11.9. The van der Waals surface area contributed by atoms with Gasteiger partial charge in [0.1, 0.15) is 4.60 Å². The molecule has 0 unspecified atom stereocenters. The van der Waals surface area contributed by atoms with Crippen LogP contribution in [0, 0.1) is 0 Å². The summed E-state index contributed by atoms with van der Waals surface area (Å²) in [6.45, 7) is 0. The summed E-state index contributed by atoms with van der Waals surface area (Å²) in [5, 5.41) is 0. The molecular formula is C10H6Br2N2. The van der Waals surface area contributed by atoms with Crippen molar-refractivity contribution in [2.75, 3.05) is 0 Å². The van der Waals surface area contributed by atoms with Gasteiger partial charge in [-0.3, -0.25) is 0 Å². The predicted octanol–water partition coefficient (Wildman–Crippen LogP) is 3.67. The van der Waals surface area contributed by atoms with E-state index in [9.17, 15) is 0 Å². The lowest BCUT2D eigenvalue weighted by Gasteiger charge is -2.01. The third-order valence-corrected chi connectivity index (χ3v) is 2.50. The molecule has 0 amide bonds.